The number of hydrogen-bond acceptors (Lipinski definition) is 6. The van der Waals surface area contributed by atoms with Crippen LogP contribution in [0.25, 0.3) is 0 Å². The van der Waals surface area contributed by atoms with Crippen LogP contribution in [0.15, 0.2) is 0 Å². The molecule has 2 rings (SSSR count). The van der Waals surface area contributed by atoms with Crippen LogP contribution >= 0.6 is 11.8 Å². The predicted molar refractivity (Wildman–Crippen MR) is 70.3 cm³/mol. The Hall–Kier alpha value is -1.57. The number of rotatable bonds is 6. The predicted octanol–water partition coefficient (Wildman–Crippen LogP) is -0.0508. The van der Waals surface area contributed by atoms with Crippen molar-refractivity contribution in [3.05, 3.63) is 0 Å². The van der Waals surface area contributed by atoms with Gasteiger partial charge in [0.1, 0.15) is 0 Å². The molecule has 110 valence electrons. The van der Waals surface area contributed by atoms with Gasteiger partial charge in [-0.25, -0.2) is 4.79 Å². The first-order valence-corrected chi connectivity index (χ1v) is 7.65. The van der Waals surface area contributed by atoms with Gasteiger partial charge in [-0.3, -0.25) is 14.4 Å². The molecule has 2 fully saturated rings. The van der Waals surface area contributed by atoms with Gasteiger partial charge in [-0.15, -0.1) is 16.8 Å². The molecule has 0 aromatic carbocycles. The Labute approximate surface area is 120 Å². The smallest absolute Gasteiger partial charge is 0.342 e. The average molecular weight is 300 g/mol. The van der Waals surface area contributed by atoms with E-state index in [1.54, 1.807) is 4.90 Å². The quantitative estimate of drug-likeness (QED) is 0.505. The largest absolute Gasteiger partial charge is 0.342 e. The van der Waals surface area contributed by atoms with Crippen LogP contribution in [0.3, 0.4) is 0 Å². The average Bonchev–Trinajstić information content (AvgIpc) is 2.95. The third-order valence-corrected chi connectivity index (χ3v) is 4.01. The molecule has 0 saturated carbocycles. The molecule has 0 aliphatic carbocycles. The molecule has 0 aromatic heterocycles. The first-order chi connectivity index (χ1) is 9.58. The molecule has 2 saturated heterocycles. The van der Waals surface area contributed by atoms with Crippen molar-refractivity contribution in [1.29, 1.82) is 0 Å². The number of nitrogens with zero attached hydrogens (tertiary/aromatic N) is 2. The molecule has 20 heavy (non-hydrogen) atoms. The van der Waals surface area contributed by atoms with Gasteiger partial charge in [-0.2, -0.15) is 0 Å². The van der Waals surface area contributed by atoms with E-state index in [0.29, 0.717) is 23.8 Å². The lowest BCUT2D eigenvalue weighted by Crippen LogP contribution is -2.33. The van der Waals surface area contributed by atoms with Crippen molar-refractivity contribution in [3.8, 4) is 0 Å². The molecule has 0 aromatic rings. The fourth-order valence-electron chi connectivity index (χ4n) is 2.06. The summed E-state index contributed by atoms with van der Waals surface area (Å²) in [5.41, 5.74) is 0. The highest BCUT2D eigenvalue weighted by molar-refractivity contribution is 7.99. The molecule has 0 spiro atoms. The van der Waals surface area contributed by atoms with Crippen LogP contribution in [0.2, 0.25) is 0 Å². The molecular weight excluding hydrogens is 284 g/mol. The minimum Gasteiger partial charge on any atom is -0.342 e. The van der Waals surface area contributed by atoms with Gasteiger partial charge in [0.15, 0.2) is 0 Å². The Morgan fingerprint density at radius 1 is 1.10 bits per heavy atom. The van der Waals surface area contributed by atoms with Gasteiger partial charge in [0.05, 0.1) is 5.75 Å². The summed E-state index contributed by atoms with van der Waals surface area (Å²) >= 11 is 1.32. The third-order valence-electron chi connectivity index (χ3n) is 3.10. The van der Waals surface area contributed by atoms with E-state index in [4.69, 9.17) is 4.84 Å². The maximum absolute atomic E-state index is 11.5. The van der Waals surface area contributed by atoms with E-state index in [2.05, 4.69) is 0 Å². The van der Waals surface area contributed by atoms with Crippen LogP contribution in [-0.4, -0.2) is 58.2 Å². The summed E-state index contributed by atoms with van der Waals surface area (Å²) in [6, 6.07) is 0. The summed E-state index contributed by atoms with van der Waals surface area (Å²) in [6.07, 6.45) is 1.68. The summed E-state index contributed by atoms with van der Waals surface area (Å²) in [6.45, 7) is 1.39. The van der Waals surface area contributed by atoms with Crippen molar-refractivity contribution in [2.75, 3.05) is 24.6 Å². The van der Waals surface area contributed by atoms with Gasteiger partial charge in [0, 0.05) is 38.1 Å². The third kappa shape index (κ3) is 3.72. The normalized spacial score (nSPS) is 19.1. The molecule has 7 nitrogen and oxygen atoms in total. The molecule has 8 heteroatoms. The summed E-state index contributed by atoms with van der Waals surface area (Å²) < 4.78 is 0. The first-order valence-electron chi connectivity index (χ1n) is 6.50. The minimum atomic E-state index is -0.619. The highest BCUT2D eigenvalue weighted by atomic mass is 32.2. The van der Waals surface area contributed by atoms with Crippen LogP contribution in [0, 0.1) is 0 Å². The SMILES string of the molecule is O=C(CSCCN1CCCC1=O)ON1C(=O)CCC1=O. The van der Waals surface area contributed by atoms with Gasteiger partial charge < -0.3 is 9.74 Å². The van der Waals surface area contributed by atoms with E-state index >= 15 is 0 Å². The molecule has 0 N–H and O–H groups in total. The monoisotopic (exact) mass is 300 g/mol. The van der Waals surface area contributed by atoms with E-state index < -0.39 is 17.8 Å². The summed E-state index contributed by atoms with van der Waals surface area (Å²) in [5.74, 6) is -0.734. The maximum atomic E-state index is 11.5. The lowest BCUT2D eigenvalue weighted by Gasteiger charge is -2.15. The van der Waals surface area contributed by atoms with Crippen molar-refractivity contribution in [2.45, 2.75) is 25.7 Å². The second kappa shape index (κ2) is 6.74. The molecule has 0 bridgehead atoms. The summed E-state index contributed by atoms with van der Waals surface area (Å²) in [4.78, 5) is 51.8. The maximum Gasteiger partial charge on any atom is 0.342 e. The molecule has 0 atom stereocenters. The Morgan fingerprint density at radius 3 is 2.40 bits per heavy atom. The zero-order valence-corrected chi connectivity index (χ0v) is 11.8. The lowest BCUT2D eigenvalue weighted by atomic mass is 10.4. The van der Waals surface area contributed by atoms with E-state index in [-0.39, 0.29) is 24.5 Å². The van der Waals surface area contributed by atoms with Gasteiger partial charge in [0.25, 0.3) is 11.8 Å². The Balaban J connectivity index is 1.62. The summed E-state index contributed by atoms with van der Waals surface area (Å²) in [7, 11) is 0. The molecule has 2 heterocycles. The van der Waals surface area contributed by atoms with Crippen LogP contribution in [0.4, 0.5) is 0 Å². The molecule has 2 aliphatic rings. The van der Waals surface area contributed by atoms with Crippen molar-refractivity contribution >= 4 is 35.5 Å². The molecule has 0 unspecified atom stereocenters. The Kier molecular flexibility index (Phi) is 4.99. The van der Waals surface area contributed by atoms with E-state index in [1.807, 2.05) is 0 Å². The van der Waals surface area contributed by atoms with E-state index in [1.165, 1.54) is 11.8 Å². The fourth-order valence-corrected chi connectivity index (χ4v) is 2.77. The molecular formula is C12H16N2O5S. The van der Waals surface area contributed by atoms with Crippen molar-refractivity contribution in [1.82, 2.24) is 9.96 Å². The van der Waals surface area contributed by atoms with Crippen LogP contribution in [0.5, 0.6) is 0 Å². The number of carbonyl (C=O) groups is 4. The standard InChI is InChI=1S/C12H16N2O5S/c15-9-2-1-5-13(9)6-7-20-8-12(18)19-14-10(16)3-4-11(14)17/h1-8H2. The van der Waals surface area contributed by atoms with Crippen molar-refractivity contribution < 1.29 is 24.0 Å². The molecule has 0 radical (unpaired) electrons. The van der Waals surface area contributed by atoms with Gasteiger partial charge in [-0.1, -0.05) is 0 Å². The zero-order valence-electron chi connectivity index (χ0n) is 11.0. The summed E-state index contributed by atoms with van der Waals surface area (Å²) in [5, 5.41) is 0.549. The Morgan fingerprint density at radius 2 is 1.80 bits per heavy atom. The van der Waals surface area contributed by atoms with Crippen molar-refractivity contribution in [2.24, 2.45) is 0 Å². The number of likely N-dealkylation sites (tertiary alicyclic amines) is 1. The first kappa shape index (κ1) is 14.8. The number of hydrogen-bond donors (Lipinski definition) is 0. The second-order valence-electron chi connectivity index (χ2n) is 4.58. The number of thioether (sulfide) groups is 1. The van der Waals surface area contributed by atoms with E-state index in [9.17, 15) is 19.2 Å². The van der Waals surface area contributed by atoms with Gasteiger partial charge in [0.2, 0.25) is 5.91 Å². The minimum absolute atomic E-state index is 0.0547. The topological polar surface area (TPSA) is 84.0 Å². The number of carbonyl (C=O) groups excluding carboxylic acids is 4. The Bertz CT molecular complexity index is 424. The fraction of sp³-hybridized carbons (Fsp3) is 0.667. The highest BCUT2D eigenvalue weighted by Crippen LogP contribution is 2.14. The molecule has 2 aliphatic heterocycles. The van der Waals surface area contributed by atoms with Crippen molar-refractivity contribution in [3.63, 3.8) is 0 Å². The van der Waals surface area contributed by atoms with Gasteiger partial charge in [-0.05, 0) is 6.42 Å². The van der Waals surface area contributed by atoms with Crippen LogP contribution < -0.4 is 0 Å². The van der Waals surface area contributed by atoms with Crippen LogP contribution in [-0.2, 0) is 24.0 Å². The number of amides is 3. The molecule has 3 amide bonds. The van der Waals surface area contributed by atoms with Gasteiger partial charge >= 0.3 is 5.97 Å². The lowest BCUT2D eigenvalue weighted by molar-refractivity contribution is -0.195. The zero-order chi connectivity index (χ0) is 14.5. The second-order valence-corrected chi connectivity index (χ2v) is 5.69. The van der Waals surface area contributed by atoms with Crippen LogP contribution in [0.1, 0.15) is 25.7 Å². The highest BCUT2D eigenvalue weighted by Gasteiger charge is 2.32. The van der Waals surface area contributed by atoms with E-state index in [0.717, 1.165) is 13.0 Å². The number of imide groups is 1. The number of hydroxylamine groups is 2.